The van der Waals surface area contributed by atoms with Crippen LogP contribution in [0.15, 0.2) is 4.47 Å². The first-order chi connectivity index (χ1) is 8.74. The summed E-state index contributed by atoms with van der Waals surface area (Å²) in [7, 11) is -3.14. The van der Waals surface area contributed by atoms with Gasteiger partial charge in [-0.25, -0.2) is 18.4 Å². The summed E-state index contributed by atoms with van der Waals surface area (Å²) >= 11 is 3.49. The summed E-state index contributed by atoms with van der Waals surface area (Å²) in [6.07, 6.45) is 2.15. The zero-order valence-corrected chi connectivity index (χ0v) is 14.1. The molecule has 1 heterocycles. The number of aromatic nitrogens is 2. The van der Waals surface area contributed by atoms with E-state index < -0.39 is 9.84 Å². The van der Waals surface area contributed by atoms with Gasteiger partial charge in [0.25, 0.3) is 0 Å². The third-order valence-corrected chi connectivity index (χ3v) is 3.97. The second-order valence-electron chi connectivity index (χ2n) is 4.84. The van der Waals surface area contributed by atoms with Gasteiger partial charge in [0.15, 0.2) is 9.84 Å². The van der Waals surface area contributed by atoms with E-state index in [2.05, 4.69) is 38.1 Å². The van der Waals surface area contributed by atoms with Crippen LogP contribution < -0.4 is 5.32 Å². The molecular formula is C12H20BrN3O2S. The molecule has 1 aromatic heterocycles. The largest absolute Gasteiger partial charge is 0.369 e. The summed E-state index contributed by atoms with van der Waals surface area (Å²) in [6, 6.07) is 0. The molecule has 5 nitrogen and oxygen atoms in total. The highest BCUT2D eigenvalue weighted by Crippen LogP contribution is 2.29. The van der Waals surface area contributed by atoms with Gasteiger partial charge in [0.2, 0.25) is 0 Å². The quantitative estimate of drug-likeness (QED) is 0.854. The van der Waals surface area contributed by atoms with Crippen LogP contribution in [0.4, 0.5) is 5.82 Å². The van der Waals surface area contributed by atoms with Crippen molar-refractivity contribution in [3.05, 3.63) is 16.0 Å². The minimum absolute atomic E-state index is 0.138. The van der Waals surface area contributed by atoms with E-state index in [0.29, 0.717) is 11.6 Å². The zero-order valence-electron chi connectivity index (χ0n) is 11.7. The van der Waals surface area contributed by atoms with Gasteiger partial charge in [0.1, 0.15) is 17.4 Å². The molecule has 1 rings (SSSR count). The Morgan fingerprint density at radius 2 is 1.95 bits per heavy atom. The summed E-state index contributed by atoms with van der Waals surface area (Å²) in [6.45, 7) is 6.87. The highest BCUT2D eigenvalue weighted by atomic mass is 79.9. The number of halogens is 1. The van der Waals surface area contributed by atoms with Gasteiger partial charge in [0, 0.05) is 12.8 Å². The van der Waals surface area contributed by atoms with Crippen molar-refractivity contribution in [1.29, 1.82) is 0 Å². The van der Waals surface area contributed by atoms with Crippen molar-refractivity contribution in [2.24, 2.45) is 0 Å². The van der Waals surface area contributed by atoms with Gasteiger partial charge in [-0.15, -0.1) is 0 Å². The third-order valence-electron chi connectivity index (χ3n) is 2.40. The van der Waals surface area contributed by atoms with Crippen molar-refractivity contribution in [3.8, 4) is 0 Å². The lowest BCUT2D eigenvalue weighted by Crippen LogP contribution is -2.12. The Bertz CT molecular complexity index is 544. The second-order valence-corrected chi connectivity index (χ2v) is 7.77. The van der Waals surface area contributed by atoms with Crippen LogP contribution in [0.2, 0.25) is 0 Å². The normalized spacial score (nSPS) is 11.9. The van der Waals surface area contributed by atoms with Crippen LogP contribution in [0.5, 0.6) is 0 Å². The molecule has 1 aromatic rings. The van der Waals surface area contributed by atoms with E-state index in [-0.39, 0.29) is 11.7 Å². The second kappa shape index (κ2) is 6.65. The van der Waals surface area contributed by atoms with E-state index in [1.54, 1.807) is 0 Å². The van der Waals surface area contributed by atoms with Gasteiger partial charge in [0.05, 0.1) is 10.2 Å². The molecule has 0 saturated heterocycles. The lowest BCUT2D eigenvalue weighted by molar-refractivity contribution is 0.599. The zero-order chi connectivity index (χ0) is 14.6. The number of nitrogens with zero attached hydrogens (tertiary/aromatic N) is 2. The van der Waals surface area contributed by atoms with Crippen molar-refractivity contribution in [2.45, 2.75) is 38.9 Å². The maximum Gasteiger partial charge on any atom is 0.154 e. The van der Waals surface area contributed by atoms with E-state index >= 15 is 0 Å². The number of sulfone groups is 1. The Morgan fingerprint density at radius 1 is 1.32 bits per heavy atom. The summed E-state index contributed by atoms with van der Waals surface area (Å²) in [5, 5.41) is 3.19. The Hall–Kier alpha value is -0.690. The highest BCUT2D eigenvalue weighted by molar-refractivity contribution is 9.10. The fourth-order valence-corrected chi connectivity index (χ4v) is 2.93. The third kappa shape index (κ3) is 5.06. The van der Waals surface area contributed by atoms with E-state index in [0.717, 1.165) is 23.1 Å². The predicted octanol–water partition coefficient (Wildman–Crippen LogP) is 2.73. The van der Waals surface area contributed by atoms with Crippen molar-refractivity contribution in [3.63, 3.8) is 0 Å². The van der Waals surface area contributed by atoms with E-state index in [1.807, 2.05) is 13.8 Å². The Morgan fingerprint density at radius 3 is 2.42 bits per heavy atom. The predicted molar refractivity (Wildman–Crippen MR) is 81.1 cm³/mol. The van der Waals surface area contributed by atoms with E-state index in [1.165, 1.54) is 6.26 Å². The first kappa shape index (κ1) is 16.4. The van der Waals surface area contributed by atoms with Gasteiger partial charge in [-0.05, 0) is 28.3 Å². The average Bonchev–Trinajstić information content (AvgIpc) is 2.27. The average molecular weight is 350 g/mol. The summed E-state index contributed by atoms with van der Waals surface area (Å²) in [4.78, 5) is 8.64. The Balaban J connectivity index is 3.22. The van der Waals surface area contributed by atoms with Gasteiger partial charge in [-0.1, -0.05) is 20.8 Å². The molecule has 0 bridgehead atoms. The lowest BCUT2D eigenvalue weighted by Gasteiger charge is -2.14. The molecule has 0 aliphatic rings. The molecule has 0 aromatic carbocycles. The van der Waals surface area contributed by atoms with Gasteiger partial charge < -0.3 is 5.32 Å². The summed E-state index contributed by atoms with van der Waals surface area (Å²) in [5.74, 6) is 1.06. The van der Waals surface area contributed by atoms with Crippen molar-refractivity contribution >= 4 is 31.6 Å². The van der Waals surface area contributed by atoms with Crippen molar-refractivity contribution in [1.82, 2.24) is 9.97 Å². The van der Waals surface area contributed by atoms with Gasteiger partial charge in [-0.3, -0.25) is 0 Å². The molecule has 108 valence electrons. The fourth-order valence-electron chi connectivity index (χ4n) is 1.55. The molecule has 0 aliphatic heterocycles. The minimum Gasteiger partial charge on any atom is -0.369 e. The van der Waals surface area contributed by atoms with Crippen molar-refractivity contribution in [2.75, 3.05) is 18.1 Å². The topological polar surface area (TPSA) is 72.0 Å². The Labute approximate surface area is 123 Å². The molecule has 7 heteroatoms. The van der Waals surface area contributed by atoms with Crippen LogP contribution >= 0.6 is 15.9 Å². The molecule has 0 amide bonds. The SMILES string of the molecule is CCCNc1nc(CS(C)(=O)=O)nc(C(C)C)c1Br. The summed E-state index contributed by atoms with van der Waals surface area (Å²) in [5.41, 5.74) is 0.826. The van der Waals surface area contributed by atoms with E-state index in [4.69, 9.17) is 0 Å². The molecule has 1 N–H and O–H groups in total. The number of hydrogen-bond donors (Lipinski definition) is 1. The Kier molecular flexibility index (Phi) is 5.73. The molecule has 0 unspecified atom stereocenters. The van der Waals surface area contributed by atoms with Crippen LogP contribution in [-0.4, -0.2) is 31.2 Å². The first-order valence-corrected chi connectivity index (χ1v) is 9.07. The standard InChI is InChI=1S/C12H20BrN3O2S/c1-5-6-14-12-10(13)11(8(2)3)15-9(16-12)7-19(4,17)18/h8H,5-7H2,1-4H3,(H,14,15,16). The summed E-state index contributed by atoms with van der Waals surface area (Å²) < 4.78 is 23.6. The molecule has 0 aliphatic carbocycles. The van der Waals surface area contributed by atoms with Crippen LogP contribution in [0.3, 0.4) is 0 Å². The number of rotatable bonds is 6. The van der Waals surface area contributed by atoms with Crippen LogP contribution in [0.1, 0.15) is 44.6 Å². The first-order valence-electron chi connectivity index (χ1n) is 6.22. The maximum absolute atomic E-state index is 11.4. The van der Waals surface area contributed by atoms with Gasteiger partial charge >= 0.3 is 0 Å². The van der Waals surface area contributed by atoms with Crippen LogP contribution in [0, 0.1) is 0 Å². The number of hydrogen-bond acceptors (Lipinski definition) is 5. The molecule has 0 saturated carbocycles. The molecule has 19 heavy (non-hydrogen) atoms. The highest BCUT2D eigenvalue weighted by Gasteiger charge is 2.17. The van der Waals surface area contributed by atoms with Crippen molar-refractivity contribution < 1.29 is 8.42 Å². The van der Waals surface area contributed by atoms with Crippen LogP contribution in [0.25, 0.3) is 0 Å². The molecular weight excluding hydrogens is 330 g/mol. The lowest BCUT2D eigenvalue weighted by atomic mass is 10.1. The monoisotopic (exact) mass is 349 g/mol. The fraction of sp³-hybridized carbons (Fsp3) is 0.667. The molecule has 0 radical (unpaired) electrons. The van der Waals surface area contributed by atoms with Crippen LogP contribution in [-0.2, 0) is 15.6 Å². The van der Waals surface area contributed by atoms with Gasteiger partial charge in [-0.2, -0.15) is 0 Å². The smallest absolute Gasteiger partial charge is 0.154 e. The minimum atomic E-state index is -3.14. The van der Waals surface area contributed by atoms with E-state index in [9.17, 15) is 8.42 Å². The molecule has 0 fully saturated rings. The maximum atomic E-state index is 11.4. The number of anilines is 1. The molecule has 0 atom stereocenters. The molecule has 0 spiro atoms. The number of nitrogens with one attached hydrogen (secondary N) is 1.